The Balaban J connectivity index is 0.00000169. The summed E-state index contributed by atoms with van der Waals surface area (Å²) in [6, 6.07) is 8.61. The fourth-order valence-electron chi connectivity index (χ4n) is 1.30. The maximum absolute atomic E-state index is 6.11. The molecule has 1 rings (SSSR count). The molecule has 0 fully saturated rings. The molecule has 1 aromatic rings. The molecule has 14 heavy (non-hydrogen) atoms. The summed E-state index contributed by atoms with van der Waals surface area (Å²) in [5.41, 5.74) is 7.37. The Bertz CT molecular complexity index is 278. The predicted octanol–water partition coefficient (Wildman–Crippen LogP) is 3.76. The number of hydrogen-bond acceptors (Lipinski definition) is 1. The van der Waals surface area contributed by atoms with E-state index in [4.69, 9.17) is 5.73 Å². The summed E-state index contributed by atoms with van der Waals surface area (Å²) in [5, 5.41) is 0. The summed E-state index contributed by atoms with van der Waals surface area (Å²) in [7, 11) is 0. The largest absolute Gasteiger partial charge is 0.324 e. The molecule has 1 nitrogen and oxygen atoms in total. The highest BCUT2D eigenvalue weighted by atomic mass is 127. The number of rotatable bonds is 3. The summed E-state index contributed by atoms with van der Waals surface area (Å²) < 4.78 is 1.26. The second-order valence-electron chi connectivity index (χ2n) is 3.47. The van der Waals surface area contributed by atoms with Gasteiger partial charge in [-0.15, -0.1) is 12.4 Å². The van der Waals surface area contributed by atoms with Gasteiger partial charge in [0.2, 0.25) is 0 Å². The van der Waals surface area contributed by atoms with Crippen LogP contribution in [0.1, 0.15) is 31.9 Å². The van der Waals surface area contributed by atoms with Crippen LogP contribution >= 0.6 is 35.0 Å². The van der Waals surface area contributed by atoms with Crippen LogP contribution in [-0.4, -0.2) is 0 Å². The number of nitrogens with two attached hydrogens (primary N) is 1. The van der Waals surface area contributed by atoms with Crippen molar-refractivity contribution in [3.63, 3.8) is 0 Å². The first kappa shape index (κ1) is 14.2. The van der Waals surface area contributed by atoms with Gasteiger partial charge >= 0.3 is 0 Å². The van der Waals surface area contributed by atoms with Crippen molar-refractivity contribution in [2.24, 2.45) is 11.7 Å². The smallest absolute Gasteiger partial charge is 0.0321 e. The van der Waals surface area contributed by atoms with Crippen LogP contribution in [0, 0.1) is 9.49 Å². The van der Waals surface area contributed by atoms with Gasteiger partial charge in [0.05, 0.1) is 0 Å². The molecular weight excluding hydrogens is 308 g/mol. The van der Waals surface area contributed by atoms with Gasteiger partial charge in [0, 0.05) is 9.61 Å². The standard InChI is InChI=1S/C11H16IN.ClH/c1-3-8(2)11(13)9-5-4-6-10(12)7-9;/h4-8,11H,3,13H2,1-2H3;1H/t8?,11-;/m1./s1. The van der Waals surface area contributed by atoms with E-state index in [0.29, 0.717) is 5.92 Å². The van der Waals surface area contributed by atoms with Crippen LogP contribution in [0.4, 0.5) is 0 Å². The lowest BCUT2D eigenvalue weighted by Gasteiger charge is -2.18. The molecule has 0 radical (unpaired) electrons. The molecule has 0 bridgehead atoms. The molecule has 0 aliphatic rings. The Morgan fingerprint density at radius 3 is 2.57 bits per heavy atom. The normalized spacial score (nSPS) is 14.3. The van der Waals surface area contributed by atoms with Gasteiger partial charge in [0.1, 0.15) is 0 Å². The van der Waals surface area contributed by atoms with Crippen LogP contribution in [0.3, 0.4) is 0 Å². The minimum Gasteiger partial charge on any atom is -0.324 e. The first-order chi connectivity index (χ1) is 6.15. The van der Waals surface area contributed by atoms with E-state index < -0.39 is 0 Å². The highest BCUT2D eigenvalue weighted by Crippen LogP contribution is 2.22. The number of halogens is 2. The van der Waals surface area contributed by atoms with Crippen molar-refractivity contribution in [2.45, 2.75) is 26.3 Å². The van der Waals surface area contributed by atoms with Crippen LogP contribution in [0.25, 0.3) is 0 Å². The summed E-state index contributed by atoms with van der Waals surface area (Å²) in [6.07, 6.45) is 1.13. The Kier molecular flexibility index (Phi) is 6.74. The Labute approximate surface area is 106 Å². The Morgan fingerprint density at radius 1 is 1.43 bits per heavy atom. The number of benzene rings is 1. The first-order valence-corrected chi connectivity index (χ1v) is 5.74. The van der Waals surface area contributed by atoms with Crippen molar-refractivity contribution in [2.75, 3.05) is 0 Å². The van der Waals surface area contributed by atoms with Gasteiger partial charge in [-0.1, -0.05) is 32.4 Å². The Morgan fingerprint density at radius 2 is 2.07 bits per heavy atom. The lowest BCUT2D eigenvalue weighted by molar-refractivity contribution is 0.457. The molecule has 0 aromatic heterocycles. The molecule has 0 amide bonds. The summed E-state index contributed by atoms with van der Waals surface area (Å²) in [5.74, 6) is 0.554. The molecule has 0 aliphatic heterocycles. The van der Waals surface area contributed by atoms with Gasteiger partial charge in [-0.2, -0.15) is 0 Å². The van der Waals surface area contributed by atoms with Gasteiger partial charge in [0.15, 0.2) is 0 Å². The molecule has 2 atom stereocenters. The average molecular weight is 326 g/mol. The van der Waals surface area contributed by atoms with E-state index in [0.717, 1.165) is 6.42 Å². The quantitative estimate of drug-likeness (QED) is 0.841. The van der Waals surface area contributed by atoms with Crippen molar-refractivity contribution < 1.29 is 0 Å². The first-order valence-electron chi connectivity index (χ1n) is 4.66. The second-order valence-corrected chi connectivity index (χ2v) is 4.71. The average Bonchev–Trinajstić information content (AvgIpc) is 2.15. The maximum atomic E-state index is 6.11. The molecule has 0 aliphatic carbocycles. The van der Waals surface area contributed by atoms with Crippen LogP contribution in [0.15, 0.2) is 24.3 Å². The molecule has 0 heterocycles. The van der Waals surface area contributed by atoms with Gasteiger partial charge in [-0.3, -0.25) is 0 Å². The molecule has 1 aromatic carbocycles. The van der Waals surface area contributed by atoms with Gasteiger partial charge in [-0.25, -0.2) is 0 Å². The van der Waals surface area contributed by atoms with Crippen molar-refractivity contribution in [1.29, 1.82) is 0 Å². The van der Waals surface area contributed by atoms with Crippen LogP contribution in [0.5, 0.6) is 0 Å². The highest BCUT2D eigenvalue weighted by molar-refractivity contribution is 14.1. The van der Waals surface area contributed by atoms with Crippen LogP contribution in [-0.2, 0) is 0 Å². The minimum atomic E-state index is 0. The van der Waals surface area contributed by atoms with Crippen molar-refractivity contribution >= 4 is 35.0 Å². The summed E-state index contributed by atoms with van der Waals surface area (Å²) >= 11 is 2.32. The SMILES string of the molecule is CCC(C)[C@@H](N)c1cccc(I)c1.Cl. The van der Waals surface area contributed by atoms with Gasteiger partial charge in [-0.05, 0) is 46.2 Å². The van der Waals surface area contributed by atoms with E-state index in [1.807, 2.05) is 0 Å². The second kappa shape index (κ2) is 6.64. The molecule has 80 valence electrons. The molecular formula is C11H17ClIN. The Hall–Kier alpha value is 0.200. The lowest BCUT2D eigenvalue weighted by atomic mass is 9.93. The zero-order valence-electron chi connectivity index (χ0n) is 8.53. The van der Waals surface area contributed by atoms with E-state index in [1.165, 1.54) is 9.13 Å². The summed E-state index contributed by atoms with van der Waals surface area (Å²) in [6.45, 7) is 4.38. The fourth-order valence-corrected chi connectivity index (χ4v) is 1.86. The van der Waals surface area contributed by atoms with Crippen LogP contribution < -0.4 is 5.73 Å². The molecule has 0 spiro atoms. The van der Waals surface area contributed by atoms with E-state index in [1.54, 1.807) is 0 Å². The van der Waals surface area contributed by atoms with E-state index in [9.17, 15) is 0 Å². The maximum Gasteiger partial charge on any atom is 0.0321 e. The van der Waals surface area contributed by atoms with Gasteiger partial charge < -0.3 is 5.73 Å². The topological polar surface area (TPSA) is 26.0 Å². The third-order valence-corrected chi connectivity index (χ3v) is 3.16. The van der Waals surface area contributed by atoms with Crippen molar-refractivity contribution in [3.8, 4) is 0 Å². The monoisotopic (exact) mass is 325 g/mol. The zero-order valence-corrected chi connectivity index (χ0v) is 11.5. The third kappa shape index (κ3) is 3.75. The minimum absolute atomic E-state index is 0. The molecule has 0 saturated heterocycles. The molecule has 1 unspecified atom stereocenters. The zero-order chi connectivity index (χ0) is 9.84. The molecule has 3 heteroatoms. The van der Waals surface area contributed by atoms with Crippen LogP contribution in [0.2, 0.25) is 0 Å². The fraction of sp³-hybridized carbons (Fsp3) is 0.455. The van der Waals surface area contributed by atoms with E-state index in [2.05, 4.69) is 60.7 Å². The van der Waals surface area contributed by atoms with Crippen molar-refractivity contribution in [3.05, 3.63) is 33.4 Å². The van der Waals surface area contributed by atoms with Gasteiger partial charge in [0.25, 0.3) is 0 Å². The molecule has 0 saturated carbocycles. The lowest BCUT2D eigenvalue weighted by Crippen LogP contribution is -2.18. The third-order valence-electron chi connectivity index (χ3n) is 2.49. The number of hydrogen-bond donors (Lipinski definition) is 1. The van der Waals surface area contributed by atoms with E-state index in [-0.39, 0.29) is 18.4 Å². The van der Waals surface area contributed by atoms with Crippen molar-refractivity contribution in [1.82, 2.24) is 0 Å². The predicted molar refractivity (Wildman–Crippen MR) is 72.8 cm³/mol. The molecule has 2 N–H and O–H groups in total. The van der Waals surface area contributed by atoms with E-state index >= 15 is 0 Å². The highest BCUT2D eigenvalue weighted by Gasteiger charge is 2.12. The summed E-state index contributed by atoms with van der Waals surface area (Å²) in [4.78, 5) is 0.